The van der Waals surface area contributed by atoms with Gasteiger partial charge in [-0.3, -0.25) is 10.1 Å². The van der Waals surface area contributed by atoms with Gasteiger partial charge < -0.3 is 10.6 Å². The Balaban J connectivity index is 1.59. The van der Waals surface area contributed by atoms with E-state index in [-0.39, 0.29) is 17.3 Å². The van der Waals surface area contributed by atoms with Gasteiger partial charge >= 0.3 is 5.69 Å². The monoisotopic (exact) mass is 407 g/mol. The van der Waals surface area contributed by atoms with E-state index in [2.05, 4.69) is 20.6 Å². The van der Waals surface area contributed by atoms with Crippen molar-refractivity contribution in [3.63, 3.8) is 0 Å². The van der Waals surface area contributed by atoms with Gasteiger partial charge in [0.2, 0.25) is 11.6 Å². The Labute approximate surface area is 177 Å². The highest BCUT2D eigenvalue weighted by atomic mass is 16.6. The second-order valence-corrected chi connectivity index (χ2v) is 6.98. The second kappa shape index (κ2) is 7.72. The van der Waals surface area contributed by atoms with Crippen molar-refractivity contribution in [2.45, 2.75) is 0 Å². The van der Waals surface area contributed by atoms with E-state index in [9.17, 15) is 10.1 Å². The summed E-state index contributed by atoms with van der Waals surface area (Å²) < 4.78 is 0. The molecule has 0 saturated heterocycles. The van der Waals surface area contributed by atoms with Crippen molar-refractivity contribution in [3.05, 3.63) is 101 Å². The lowest BCUT2D eigenvalue weighted by Crippen LogP contribution is -2.06. The quantitative estimate of drug-likeness (QED) is 0.267. The van der Waals surface area contributed by atoms with Crippen LogP contribution in [0, 0.1) is 10.1 Å². The summed E-state index contributed by atoms with van der Waals surface area (Å²) in [4.78, 5) is 19.8. The third-order valence-corrected chi connectivity index (χ3v) is 5.09. The fourth-order valence-corrected chi connectivity index (χ4v) is 3.66. The molecule has 0 aliphatic carbocycles. The number of fused-ring (bicyclic) bond motifs is 2. The van der Waals surface area contributed by atoms with Crippen LogP contribution in [0.1, 0.15) is 0 Å². The summed E-state index contributed by atoms with van der Waals surface area (Å²) in [6, 6.07) is 27.1. The van der Waals surface area contributed by atoms with Crippen molar-refractivity contribution in [1.29, 1.82) is 0 Å². The number of nitro groups is 1. The van der Waals surface area contributed by atoms with Crippen LogP contribution < -0.4 is 10.6 Å². The fourth-order valence-electron chi connectivity index (χ4n) is 3.66. The van der Waals surface area contributed by atoms with E-state index < -0.39 is 4.92 Å². The number of aromatic nitrogens is 2. The van der Waals surface area contributed by atoms with E-state index >= 15 is 0 Å². The van der Waals surface area contributed by atoms with Crippen LogP contribution in [-0.4, -0.2) is 14.9 Å². The van der Waals surface area contributed by atoms with Crippen LogP contribution in [0.15, 0.2) is 91.3 Å². The van der Waals surface area contributed by atoms with Crippen molar-refractivity contribution in [2.75, 3.05) is 10.6 Å². The lowest BCUT2D eigenvalue weighted by molar-refractivity contribution is -0.383. The van der Waals surface area contributed by atoms with Gasteiger partial charge in [0.15, 0.2) is 0 Å². The molecule has 0 aliphatic heterocycles. The van der Waals surface area contributed by atoms with Gasteiger partial charge in [0, 0.05) is 22.1 Å². The first-order valence-corrected chi connectivity index (χ1v) is 9.70. The zero-order chi connectivity index (χ0) is 21.2. The highest BCUT2D eigenvalue weighted by Gasteiger charge is 2.24. The van der Waals surface area contributed by atoms with Gasteiger partial charge in [-0.1, -0.05) is 72.8 Å². The van der Waals surface area contributed by atoms with Gasteiger partial charge in [-0.2, -0.15) is 0 Å². The Hall–Kier alpha value is -4.52. The highest BCUT2D eigenvalue weighted by molar-refractivity contribution is 5.98. The van der Waals surface area contributed by atoms with Crippen LogP contribution in [0.5, 0.6) is 0 Å². The Bertz CT molecular complexity index is 1320. The van der Waals surface area contributed by atoms with Crippen molar-refractivity contribution in [2.24, 2.45) is 0 Å². The number of benzene rings is 4. The van der Waals surface area contributed by atoms with E-state index in [1.165, 1.54) is 6.33 Å². The maximum Gasteiger partial charge on any atom is 0.353 e. The molecule has 0 aliphatic rings. The number of anilines is 4. The molecule has 1 heterocycles. The molecule has 5 rings (SSSR count). The van der Waals surface area contributed by atoms with Crippen LogP contribution >= 0.6 is 0 Å². The summed E-state index contributed by atoms with van der Waals surface area (Å²) in [7, 11) is 0. The average Bonchev–Trinajstić information content (AvgIpc) is 2.79. The molecule has 2 N–H and O–H groups in total. The zero-order valence-corrected chi connectivity index (χ0v) is 16.3. The predicted octanol–water partition coefficient (Wildman–Crippen LogP) is 6.18. The van der Waals surface area contributed by atoms with Crippen molar-refractivity contribution in [1.82, 2.24) is 9.97 Å². The average molecular weight is 407 g/mol. The third kappa shape index (κ3) is 3.49. The van der Waals surface area contributed by atoms with Crippen LogP contribution in [0.25, 0.3) is 21.5 Å². The molecule has 0 radical (unpaired) electrons. The number of nitrogens with one attached hydrogen (secondary N) is 2. The van der Waals surface area contributed by atoms with E-state index in [0.717, 1.165) is 32.9 Å². The molecule has 7 nitrogen and oxygen atoms in total. The van der Waals surface area contributed by atoms with E-state index in [1.807, 2.05) is 84.9 Å². The van der Waals surface area contributed by atoms with Crippen molar-refractivity contribution >= 4 is 50.2 Å². The molecule has 0 amide bonds. The summed E-state index contributed by atoms with van der Waals surface area (Å²) in [5.41, 5.74) is 1.25. The van der Waals surface area contributed by atoms with Gasteiger partial charge in [0.05, 0.1) is 4.92 Å². The second-order valence-electron chi connectivity index (χ2n) is 6.98. The summed E-state index contributed by atoms with van der Waals surface area (Å²) in [5, 5.41) is 22.2. The Kier molecular flexibility index (Phi) is 4.61. The Morgan fingerprint density at radius 2 is 1.10 bits per heavy atom. The maximum atomic E-state index is 12.0. The molecule has 150 valence electrons. The molecule has 4 aromatic carbocycles. The minimum Gasteiger partial charge on any atom is -0.334 e. The maximum absolute atomic E-state index is 12.0. The molecule has 0 unspecified atom stereocenters. The largest absolute Gasteiger partial charge is 0.353 e. The molecule has 0 atom stereocenters. The Morgan fingerprint density at radius 1 is 0.645 bits per heavy atom. The summed E-state index contributed by atoms with van der Waals surface area (Å²) in [5.74, 6) is 0.248. The number of hydrogen-bond donors (Lipinski definition) is 2. The van der Waals surface area contributed by atoms with Gasteiger partial charge in [-0.05, 0) is 22.9 Å². The minimum absolute atomic E-state index is 0.124. The molecular formula is C24H17N5O2. The normalized spacial score (nSPS) is 10.8. The molecule has 0 bridgehead atoms. The van der Waals surface area contributed by atoms with Gasteiger partial charge in [-0.15, -0.1) is 0 Å². The van der Waals surface area contributed by atoms with Gasteiger partial charge in [-0.25, -0.2) is 9.97 Å². The van der Waals surface area contributed by atoms with Crippen molar-refractivity contribution in [3.8, 4) is 0 Å². The molecule has 0 fully saturated rings. The van der Waals surface area contributed by atoms with Gasteiger partial charge in [0.1, 0.15) is 6.33 Å². The van der Waals surface area contributed by atoms with Crippen LogP contribution in [0.2, 0.25) is 0 Å². The molecule has 7 heteroatoms. The first-order chi connectivity index (χ1) is 15.2. The molecule has 1 aromatic heterocycles. The Morgan fingerprint density at radius 3 is 1.58 bits per heavy atom. The van der Waals surface area contributed by atoms with Gasteiger partial charge in [0.25, 0.3) is 0 Å². The molecule has 0 saturated carbocycles. The molecule has 31 heavy (non-hydrogen) atoms. The van der Waals surface area contributed by atoms with Crippen LogP contribution in [0.3, 0.4) is 0 Å². The first-order valence-electron chi connectivity index (χ1n) is 9.70. The third-order valence-electron chi connectivity index (χ3n) is 5.09. The van der Waals surface area contributed by atoms with E-state index in [1.54, 1.807) is 0 Å². The molecule has 0 spiro atoms. The van der Waals surface area contributed by atoms with Crippen LogP contribution in [0.4, 0.5) is 28.7 Å². The minimum atomic E-state index is -0.471. The standard InChI is InChI=1S/C24H17N5O2/c30-29(31)22-23(27-20-13-5-9-16-7-1-3-11-18(16)20)25-15-26-24(22)28-21-14-6-10-17-8-2-4-12-19(17)21/h1-15H,(H2,25,26,27,28). The van der Waals surface area contributed by atoms with Crippen LogP contribution in [-0.2, 0) is 0 Å². The smallest absolute Gasteiger partial charge is 0.334 e. The topological polar surface area (TPSA) is 93.0 Å². The summed E-state index contributed by atoms with van der Waals surface area (Å²) in [6.45, 7) is 0. The highest BCUT2D eigenvalue weighted by Crippen LogP contribution is 2.36. The lowest BCUT2D eigenvalue weighted by Gasteiger charge is -2.13. The number of nitrogens with zero attached hydrogens (tertiary/aromatic N) is 3. The molecular weight excluding hydrogens is 390 g/mol. The predicted molar refractivity (Wildman–Crippen MR) is 123 cm³/mol. The van der Waals surface area contributed by atoms with E-state index in [4.69, 9.17) is 0 Å². The molecule has 5 aromatic rings. The van der Waals surface area contributed by atoms with E-state index in [0.29, 0.717) is 0 Å². The van der Waals surface area contributed by atoms with Crippen molar-refractivity contribution < 1.29 is 4.92 Å². The zero-order valence-electron chi connectivity index (χ0n) is 16.3. The first kappa shape index (κ1) is 18.5. The lowest BCUT2D eigenvalue weighted by atomic mass is 10.1. The summed E-state index contributed by atoms with van der Waals surface area (Å²) >= 11 is 0. The number of hydrogen-bond acceptors (Lipinski definition) is 6. The fraction of sp³-hybridized carbons (Fsp3) is 0. The SMILES string of the molecule is O=[N+]([O-])c1c(Nc2cccc3ccccc23)ncnc1Nc1cccc2ccccc12. The number of rotatable bonds is 5. The summed E-state index contributed by atoms with van der Waals surface area (Å²) in [6.07, 6.45) is 1.31.